The van der Waals surface area contributed by atoms with E-state index in [1.54, 1.807) is 32.9 Å². The molecule has 0 spiro atoms. The molecule has 0 amide bonds. The Morgan fingerprint density at radius 2 is 1.90 bits per heavy atom. The van der Waals surface area contributed by atoms with Crippen LogP contribution in [0.4, 0.5) is 5.69 Å². The van der Waals surface area contributed by atoms with E-state index in [-0.39, 0.29) is 22.8 Å². The molecule has 118 valence electrons. The van der Waals surface area contributed by atoms with Crippen molar-refractivity contribution in [3.8, 4) is 0 Å². The SMILES string of the molecule is Cc1cc(N)c(C)c(S(=O)(=O)NC2(C)CCS(=O)(=O)C2)c1. The minimum absolute atomic E-state index is 0.000951. The lowest BCUT2D eigenvalue weighted by atomic mass is 10.0. The Morgan fingerprint density at radius 1 is 1.29 bits per heavy atom. The second kappa shape index (κ2) is 4.96. The molecule has 0 aromatic heterocycles. The van der Waals surface area contributed by atoms with E-state index in [9.17, 15) is 16.8 Å². The maximum Gasteiger partial charge on any atom is 0.241 e. The van der Waals surface area contributed by atoms with Crippen molar-refractivity contribution in [2.75, 3.05) is 17.2 Å². The molecule has 0 bridgehead atoms. The van der Waals surface area contributed by atoms with E-state index in [0.29, 0.717) is 11.3 Å². The molecule has 2 rings (SSSR count). The number of hydrogen-bond acceptors (Lipinski definition) is 5. The maximum atomic E-state index is 12.6. The molecule has 3 N–H and O–H groups in total. The molecule has 1 fully saturated rings. The second-order valence-corrected chi connectivity index (χ2v) is 9.82. The average Bonchev–Trinajstić information content (AvgIpc) is 2.56. The normalized spacial score (nSPS) is 25.1. The van der Waals surface area contributed by atoms with Gasteiger partial charge >= 0.3 is 0 Å². The Bertz CT molecular complexity index is 785. The number of rotatable bonds is 3. The van der Waals surface area contributed by atoms with E-state index in [4.69, 9.17) is 5.73 Å². The number of aryl methyl sites for hydroxylation is 1. The first kappa shape index (κ1) is 16.3. The molecule has 1 aliphatic rings. The van der Waals surface area contributed by atoms with Crippen LogP contribution in [0.5, 0.6) is 0 Å². The third-order valence-corrected chi connectivity index (χ3v) is 7.39. The number of sulfone groups is 1. The summed E-state index contributed by atoms with van der Waals surface area (Å²) in [6.07, 6.45) is 0.273. The van der Waals surface area contributed by atoms with Gasteiger partial charge in [0.2, 0.25) is 10.0 Å². The lowest BCUT2D eigenvalue weighted by molar-refractivity contribution is 0.461. The summed E-state index contributed by atoms with van der Waals surface area (Å²) in [5.74, 6) is -0.180. The van der Waals surface area contributed by atoms with Gasteiger partial charge in [-0.15, -0.1) is 0 Å². The van der Waals surface area contributed by atoms with Crippen LogP contribution in [0.25, 0.3) is 0 Å². The van der Waals surface area contributed by atoms with Crippen LogP contribution in [0, 0.1) is 13.8 Å². The fourth-order valence-corrected chi connectivity index (χ4v) is 6.58. The molecular formula is C13H20N2O4S2. The number of anilines is 1. The molecule has 1 aromatic rings. The molecule has 0 saturated carbocycles. The van der Waals surface area contributed by atoms with Gasteiger partial charge in [-0.3, -0.25) is 0 Å². The van der Waals surface area contributed by atoms with Gasteiger partial charge in [0, 0.05) is 11.2 Å². The highest BCUT2D eigenvalue weighted by Crippen LogP contribution is 2.28. The van der Waals surface area contributed by atoms with E-state index in [0.717, 1.165) is 5.56 Å². The van der Waals surface area contributed by atoms with Gasteiger partial charge in [-0.1, -0.05) is 0 Å². The van der Waals surface area contributed by atoms with E-state index < -0.39 is 25.4 Å². The fraction of sp³-hybridized carbons (Fsp3) is 0.538. The van der Waals surface area contributed by atoms with Crippen molar-refractivity contribution in [1.82, 2.24) is 4.72 Å². The van der Waals surface area contributed by atoms with Crippen LogP contribution >= 0.6 is 0 Å². The lowest BCUT2D eigenvalue weighted by Gasteiger charge is -2.24. The van der Waals surface area contributed by atoms with Crippen LogP contribution in [-0.2, 0) is 19.9 Å². The fourth-order valence-electron chi connectivity index (χ4n) is 2.60. The number of nitrogen functional groups attached to an aromatic ring is 1. The van der Waals surface area contributed by atoms with Crippen molar-refractivity contribution in [2.24, 2.45) is 0 Å². The number of hydrogen-bond donors (Lipinski definition) is 2. The van der Waals surface area contributed by atoms with Crippen molar-refractivity contribution < 1.29 is 16.8 Å². The summed E-state index contributed by atoms with van der Waals surface area (Å²) in [4.78, 5) is 0.102. The molecule has 1 aromatic carbocycles. The summed E-state index contributed by atoms with van der Waals surface area (Å²) in [5, 5.41) is 0. The number of nitrogens with two attached hydrogens (primary N) is 1. The van der Waals surface area contributed by atoms with Gasteiger partial charge in [0.1, 0.15) is 0 Å². The smallest absolute Gasteiger partial charge is 0.241 e. The quantitative estimate of drug-likeness (QED) is 0.794. The first-order valence-corrected chi connectivity index (χ1v) is 9.86. The monoisotopic (exact) mass is 332 g/mol. The molecule has 6 nitrogen and oxygen atoms in total. The first-order valence-electron chi connectivity index (χ1n) is 6.55. The Kier molecular flexibility index (Phi) is 3.84. The summed E-state index contributed by atoms with van der Waals surface area (Å²) in [7, 11) is -7.01. The third-order valence-electron chi connectivity index (χ3n) is 3.72. The average molecular weight is 332 g/mol. The van der Waals surface area contributed by atoms with Crippen LogP contribution < -0.4 is 10.5 Å². The Labute approximate surface area is 125 Å². The van der Waals surface area contributed by atoms with Gasteiger partial charge in [-0.25, -0.2) is 21.6 Å². The third kappa shape index (κ3) is 3.38. The van der Waals surface area contributed by atoms with E-state index in [2.05, 4.69) is 4.72 Å². The van der Waals surface area contributed by atoms with Gasteiger partial charge in [-0.2, -0.15) is 0 Å². The summed E-state index contributed by atoms with van der Waals surface area (Å²) in [6, 6.07) is 3.25. The van der Waals surface area contributed by atoms with Crippen molar-refractivity contribution in [3.63, 3.8) is 0 Å². The minimum atomic E-state index is -3.82. The van der Waals surface area contributed by atoms with Crippen LogP contribution in [0.1, 0.15) is 24.5 Å². The zero-order valence-electron chi connectivity index (χ0n) is 12.3. The Balaban J connectivity index is 2.41. The van der Waals surface area contributed by atoms with Crippen LogP contribution in [0.15, 0.2) is 17.0 Å². The molecule has 1 heterocycles. The predicted molar refractivity (Wildman–Crippen MR) is 82.3 cm³/mol. The summed E-state index contributed by atoms with van der Waals surface area (Å²) in [5.41, 5.74) is 6.46. The molecule has 0 radical (unpaired) electrons. The molecule has 1 aliphatic heterocycles. The van der Waals surface area contributed by atoms with E-state index in [1.807, 2.05) is 0 Å². The van der Waals surface area contributed by atoms with Crippen molar-refractivity contribution in [2.45, 2.75) is 37.6 Å². The number of nitrogens with one attached hydrogen (secondary N) is 1. The lowest BCUT2D eigenvalue weighted by Crippen LogP contribution is -2.46. The van der Waals surface area contributed by atoms with Gasteiger partial charge in [0.25, 0.3) is 0 Å². The molecule has 1 saturated heterocycles. The molecule has 8 heteroatoms. The molecule has 1 atom stereocenters. The summed E-state index contributed by atoms with van der Waals surface area (Å²) in [6.45, 7) is 5.01. The highest BCUT2D eigenvalue weighted by Gasteiger charge is 2.41. The zero-order valence-corrected chi connectivity index (χ0v) is 13.9. The van der Waals surface area contributed by atoms with Crippen LogP contribution in [-0.4, -0.2) is 33.9 Å². The topological polar surface area (TPSA) is 106 Å². The van der Waals surface area contributed by atoms with Crippen molar-refractivity contribution >= 4 is 25.5 Å². The maximum absolute atomic E-state index is 12.6. The number of sulfonamides is 1. The summed E-state index contributed by atoms with van der Waals surface area (Å²) < 4.78 is 50.9. The Morgan fingerprint density at radius 3 is 2.43 bits per heavy atom. The van der Waals surface area contributed by atoms with Crippen LogP contribution in [0.3, 0.4) is 0 Å². The van der Waals surface area contributed by atoms with E-state index >= 15 is 0 Å². The second-order valence-electron chi connectivity index (χ2n) is 5.99. The van der Waals surface area contributed by atoms with Gasteiger partial charge < -0.3 is 5.73 Å². The van der Waals surface area contributed by atoms with Crippen molar-refractivity contribution in [1.29, 1.82) is 0 Å². The first-order chi connectivity index (χ1) is 9.44. The molecule has 0 aliphatic carbocycles. The predicted octanol–water partition coefficient (Wildman–Crippen LogP) is 0.741. The summed E-state index contributed by atoms with van der Waals surface area (Å²) >= 11 is 0. The van der Waals surface area contributed by atoms with Crippen LogP contribution in [0.2, 0.25) is 0 Å². The largest absolute Gasteiger partial charge is 0.398 e. The van der Waals surface area contributed by atoms with Gasteiger partial charge in [0.05, 0.1) is 16.4 Å². The molecule has 21 heavy (non-hydrogen) atoms. The minimum Gasteiger partial charge on any atom is -0.398 e. The highest BCUT2D eigenvalue weighted by molar-refractivity contribution is 7.92. The van der Waals surface area contributed by atoms with Gasteiger partial charge in [-0.05, 0) is 50.5 Å². The highest BCUT2D eigenvalue weighted by atomic mass is 32.2. The Hall–Kier alpha value is -1.12. The molecule has 1 unspecified atom stereocenters. The standard InChI is InChI=1S/C13H20N2O4S2/c1-9-6-11(14)10(2)12(7-9)21(18,19)15-13(3)4-5-20(16,17)8-13/h6-7,15H,4-5,8,14H2,1-3H3. The van der Waals surface area contributed by atoms with E-state index in [1.165, 1.54) is 0 Å². The van der Waals surface area contributed by atoms with Crippen molar-refractivity contribution in [3.05, 3.63) is 23.3 Å². The van der Waals surface area contributed by atoms with Gasteiger partial charge in [0.15, 0.2) is 9.84 Å². The zero-order chi connectivity index (χ0) is 16.1. The number of benzene rings is 1. The molecular weight excluding hydrogens is 312 g/mol.